The van der Waals surface area contributed by atoms with Gasteiger partial charge in [-0.05, 0) is 6.07 Å². The van der Waals surface area contributed by atoms with Crippen LogP contribution in [0.2, 0.25) is 0 Å². The Labute approximate surface area is 66.1 Å². The van der Waals surface area contributed by atoms with Crippen molar-refractivity contribution in [2.24, 2.45) is 5.73 Å². The number of thiophene rings is 1. The molecule has 6 heteroatoms. The molecule has 1 aromatic heterocycles. The Morgan fingerprint density at radius 1 is 1.36 bits per heavy atom. The maximum Gasteiger partial charge on any atom is 0.519 e. The summed E-state index contributed by atoms with van der Waals surface area (Å²) in [6, 6.07) is 2.49. The molecule has 1 heterocycles. The van der Waals surface area contributed by atoms with E-state index in [1.165, 1.54) is 6.07 Å². The number of nitrogens with two attached hydrogens (primary N) is 1. The number of halogens is 3. The highest BCUT2D eigenvalue weighted by Crippen LogP contribution is 2.15. The van der Waals surface area contributed by atoms with Gasteiger partial charge in [-0.3, -0.25) is 0 Å². The topological polar surface area (TPSA) is 26.0 Å². The van der Waals surface area contributed by atoms with Gasteiger partial charge in [0.1, 0.15) is 0 Å². The summed E-state index contributed by atoms with van der Waals surface area (Å²) in [6.45, 7) is -4.65. The number of rotatable bonds is 2. The molecule has 62 valence electrons. The minimum atomic E-state index is -4.83. The second-order valence-corrected chi connectivity index (χ2v) is 3.28. The van der Waals surface area contributed by atoms with E-state index >= 15 is 0 Å². The van der Waals surface area contributed by atoms with Gasteiger partial charge in [0.25, 0.3) is 0 Å². The smallest absolute Gasteiger partial charge is 0.444 e. The van der Waals surface area contributed by atoms with Crippen LogP contribution in [0.25, 0.3) is 0 Å². The highest BCUT2D eigenvalue weighted by molar-refractivity contribution is 7.23. The normalized spacial score (nSPS) is 12.0. The Hall–Kier alpha value is -0.485. The summed E-state index contributed by atoms with van der Waals surface area (Å²) in [7, 11) is 0. The summed E-state index contributed by atoms with van der Waals surface area (Å²) >= 11 is 0.718. The molecule has 0 radical (unpaired) electrons. The highest BCUT2D eigenvalue weighted by Gasteiger charge is 2.27. The van der Waals surface area contributed by atoms with Crippen molar-refractivity contribution in [3.8, 4) is 0 Å². The molecule has 0 saturated heterocycles. The molecule has 0 fully saturated rings. The molecule has 0 saturated carbocycles. The molecule has 0 unspecified atom stereocenters. The second kappa shape index (κ2) is 2.87. The molecule has 1 rings (SSSR count). The van der Waals surface area contributed by atoms with Crippen LogP contribution in [-0.4, -0.2) is 6.98 Å². The van der Waals surface area contributed by atoms with Crippen LogP contribution in [-0.2, 0) is 6.54 Å². The van der Waals surface area contributed by atoms with E-state index in [0.29, 0.717) is 4.88 Å². The fourth-order valence-corrected chi connectivity index (χ4v) is 1.47. The van der Waals surface area contributed by atoms with Gasteiger partial charge in [0.15, 0.2) is 0 Å². The summed E-state index contributed by atoms with van der Waals surface area (Å²) in [6.07, 6.45) is 0. The third kappa shape index (κ3) is 1.97. The average Bonchev–Trinajstić information content (AvgIpc) is 2.32. The van der Waals surface area contributed by atoms with Gasteiger partial charge in [0, 0.05) is 11.4 Å². The van der Waals surface area contributed by atoms with Crippen LogP contribution in [0, 0.1) is 0 Å². The van der Waals surface area contributed by atoms with E-state index in [-0.39, 0.29) is 6.54 Å². The standard InChI is InChI=1S/C5H6BF3NS/c7-6(8,9)5-2-1-4(3-10)11-5/h1-2H,3,10H2/q-1. The van der Waals surface area contributed by atoms with E-state index < -0.39 is 11.8 Å². The van der Waals surface area contributed by atoms with E-state index in [9.17, 15) is 12.9 Å². The van der Waals surface area contributed by atoms with Crippen LogP contribution < -0.4 is 10.5 Å². The first-order valence-corrected chi connectivity index (χ1v) is 3.84. The Kier molecular flexibility index (Phi) is 2.24. The monoisotopic (exact) mass is 180 g/mol. The molecular weight excluding hydrogens is 174 g/mol. The fourth-order valence-electron chi connectivity index (χ4n) is 0.680. The summed E-state index contributed by atoms with van der Waals surface area (Å²) in [4.78, 5) is 0.569. The molecule has 0 spiro atoms. The molecule has 11 heavy (non-hydrogen) atoms. The summed E-state index contributed by atoms with van der Waals surface area (Å²) in [5.41, 5.74) is 5.16. The lowest BCUT2D eigenvalue weighted by Crippen LogP contribution is -2.30. The van der Waals surface area contributed by atoms with Crippen LogP contribution >= 0.6 is 11.3 Å². The lowest BCUT2D eigenvalue weighted by Gasteiger charge is -2.09. The van der Waals surface area contributed by atoms with Gasteiger partial charge in [-0.25, -0.2) is 0 Å². The first-order valence-electron chi connectivity index (χ1n) is 3.02. The molecule has 1 nitrogen and oxygen atoms in total. The van der Waals surface area contributed by atoms with Gasteiger partial charge in [-0.1, -0.05) is 10.8 Å². The molecule has 0 aromatic carbocycles. The molecular formula is C5H6BF3NS-. The molecule has 2 N–H and O–H groups in total. The van der Waals surface area contributed by atoms with Gasteiger partial charge in [0.05, 0.1) is 0 Å². The molecule has 1 aromatic rings. The fraction of sp³-hybridized carbons (Fsp3) is 0.200. The van der Waals surface area contributed by atoms with Crippen LogP contribution in [0.4, 0.5) is 12.9 Å². The zero-order chi connectivity index (χ0) is 8.48. The van der Waals surface area contributed by atoms with E-state index in [0.717, 1.165) is 17.4 Å². The Bertz CT molecular complexity index is 244. The second-order valence-electron chi connectivity index (χ2n) is 2.08. The number of hydrogen-bond donors (Lipinski definition) is 1. The minimum Gasteiger partial charge on any atom is -0.444 e. The quantitative estimate of drug-likeness (QED) is 0.681. The van der Waals surface area contributed by atoms with Crippen molar-refractivity contribution in [2.75, 3.05) is 0 Å². The van der Waals surface area contributed by atoms with E-state index in [4.69, 9.17) is 5.73 Å². The SMILES string of the molecule is NCc1ccc([B-](F)(F)F)s1. The van der Waals surface area contributed by atoms with Crippen LogP contribution in [0.15, 0.2) is 12.1 Å². The predicted molar refractivity (Wildman–Crippen MR) is 40.9 cm³/mol. The Morgan fingerprint density at radius 3 is 2.27 bits per heavy atom. The van der Waals surface area contributed by atoms with E-state index in [1.807, 2.05) is 0 Å². The van der Waals surface area contributed by atoms with Crippen molar-refractivity contribution in [3.05, 3.63) is 17.0 Å². The van der Waals surface area contributed by atoms with Crippen LogP contribution in [0.5, 0.6) is 0 Å². The maximum absolute atomic E-state index is 12.0. The van der Waals surface area contributed by atoms with Crippen molar-refractivity contribution in [1.82, 2.24) is 0 Å². The minimum absolute atomic E-state index is 0.177. The molecule has 0 amide bonds. The van der Waals surface area contributed by atoms with Crippen LogP contribution in [0.1, 0.15) is 4.88 Å². The zero-order valence-corrected chi connectivity index (χ0v) is 6.38. The predicted octanol–water partition coefficient (Wildman–Crippen LogP) is 1.26. The van der Waals surface area contributed by atoms with E-state index in [1.54, 1.807) is 0 Å². The third-order valence-corrected chi connectivity index (χ3v) is 2.41. The van der Waals surface area contributed by atoms with Crippen molar-refractivity contribution in [2.45, 2.75) is 6.54 Å². The van der Waals surface area contributed by atoms with Gasteiger partial charge >= 0.3 is 6.98 Å². The summed E-state index contributed by atoms with van der Waals surface area (Å²) < 4.78 is 35.4. The molecule has 0 atom stereocenters. The largest absolute Gasteiger partial charge is 0.519 e. The van der Waals surface area contributed by atoms with Crippen molar-refractivity contribution >= 4 is 23.1 Å². The molecule has 0 aliphatic rings. The lowest BCUT2D eigenvalue weighted by molar-refractivity contribution is 0.503. The first kappa shape index (κ1) is 8.61. The van der Waals surface area contributed by atoms with Gasteiger partial charge in [-0.2, -0.15) is 11.3 Å². The molecule has 0 aliphatic heterocycles. The molecule has 0 bridgehead atoms. The van der Waals surface area contributed by atoms with Crippen molar-refractivity contribution in [1.29, 1.82) is 0 Å². The Balaban J connectivity index is 2.89. The Morgan fingerprint density at radius 2 is 2.00 bits per heavy atom. The van der Waals surface area contributed by atoms with E-state index in [2.05, 4.69) is 0 Å². The lowest BCUT2D eigenvalue weighted by atomic mass is 9.90. The molecule has 0 aliphatic carbocycles. The first-order chi connectivity index (χ1) is 5.04. The van der Waals surface area contributed by atoms with Crippen LogP contribution in [0.3, 0.4) is 0 Å². The van der Waals surface area contributed by atoms with Gasteiger partial charge in [0.2, 0.25) is 0 Å². The summed E-state index contributed by atoms with van der Waals surface area (Å²) in [5.74, 6) is 0. The highest BCUT2D eigenvalue weighted by atomic mass is 32.1. The van der Waals surface area contributed by atoms with Crippen molar-refractivity contribution < 1.29 is 12.9 Å². The number of hydrogen-bond acceptors (Lipinski definition) is 2. The summed E-state index contributed by atoms with van der Waals surface area (Å²) in [5, 5.41) is 0. The third-order valence-electron chi connectivity index (χ3n) is 1.21. The maximum atomic E-state index is 12.0. The van der Waals surface area contributed by atoms with Gasteiger partial charge < -0.3 is 18.7 Å². The average molecular weight is 180 g/mol. The van der Waals surface area contributed by atoms with Crippen molar-refractivity contribution in [3.63, 3.8) is 0 Å². The van der Waals surface area contributed by atoms with Gasteiger partial charge in [-0.15, -0.1) is 0 Å². The zero-order valence-electron chi connectivity index (χ0n) is 5.56.